The van der Waals surface area contributed by atoms with Gasteiger partial charge in [0.25, 0.3) is 0 Å². The maximum absolute atomic E-state index is 5.99. The molecule has 0 unspecified atom stereocenters. The topological polar surface area (TPSA) is 94.9 Å². The van der Waals surface area contributed by atoms with Gasteiger partial charge in [0.1, 0.15) is 0 Å². The molecule has 1 aromatic carbocycles. The summed E-state index contributed by atoms with van der Waals surface area (Å²) in [6.45, 7) is 8.11. The first-order valence-electron chi connectivity index (χ1n) is 6.51. The first kappa shape index (κ1) is 14.8. The molecule has 1 saturated heterocycles. The summed E-state index contributed by atoms with van der Waals surface area (Å²) in [6.07, 6.45) is 0. The van der Waals surface area contributed by atoms with Gasteiger partial charge in [0, 0.05) is 5.56 Å². The number of hydrogen-bond acceptors (Lipinski definition) is 5. The Morgan fingerprint density at radius 2 is 1.60 bits per heavy atom. The fourth-order valence-electron chi connectivity index (χ4n) is 1.97. The van der Waals surface area contributed by atoms with E-state index in [1.54, 1.807) is 0 Å². The quantitative estimate of drug-likeness (QED) is 0.233. The van der Waals surface area contributed by atoms with Crippen molar-refractivity contribution >= 4 is 18.4 Å². The van der Waals surface area contributed by atoms with Crippen LogP contribution >= 0.6 is 0 Å². The van der Waals surface area contributed by atoms with Gasteiger partial charge >= 0.3 is 7.12 Å². The van der Waals surface area contributed by atoms with Crippen molar-refractivity contribution in [1.82, 2.24) is 5.43 Å². The van der Waals surface area contributed by atoms with Crippen LogP contribution in [0.3, 0.4) is 0 Å². The second kappa shape index (κ2) is 5.08. The average molecular weight is 276 g/mol. The Bertz CT molecular complexity index is 498. The monoisotopic (exact) mass is 276 g/mol. The highest BCUT2D eigenvalue weighted by Crippen LogP contribution is 2.36. The van der Waals surface area contributed by atoms with Gasteiger partial charge in [-0.2, -0.15) is 5.10 Å². The molecular formula is C13H21BN4O2. The Morgan fingerprint density at radius 1 is 1.10 bits per heavy atom. The third-order valence-electron chi connectivity index (χ3n) is 3.98. The lowest BCUT2D eigenvalue weighted by Crippen LogP contribution is -2.41. The van der Waals surface area contributed by atoms with E-state index in [0.717, 1.165) is 11.0 Å². The molecular weight excluding hydrogens is 255 g/mol. The van der Waals surface area contributed by atoms with Crippen LogP contribution in [0.1, 0.15) is 33.3 Å². The summed E-state index contributed by atoms with van der Waals surface area (Å²) in [5.74, 6) is 11.0. The summed E-state index contributed by atoms with van der Waals surface area (Å²) < 4.78 is 12.0. The van der Waals surface area contributed by atoms with Crippen LogP contribution in [-0.4, -0.2) is 24.2 Å². The van der Waals surface area contributed by atoms with E-state index in [-0.39, 0.29) is 18.3 Å². The number of benzene rings is 1. The van der Waals surface area contributed by atoms with Crippen LogP contribution in [0.25, 0.3) is 0 Å². The van der Waals surface area contributed by atoms with Gasteiger partial charge in [-0.1, -0.05) is 24.3 Å². The minimum atomic E-state index is -0.377. The highest BCUT2D eigenvalue weighted by Gasteiger charge is 2.51. The molecule has 1 aliphatic heterocycles. The van der Waals surface area contributed by atoms with Crippen LogP contribution in [0, 0.1) is 0 Å². The summed E-state index contributed by atoms with van der Waals surface area (Å²) in [5, 5.41) is 3.57. The number of nitrogens with one attached hydrogen (secondary N) is 1. The van der Waals surface area contributed by atoms with E-state index in [0.29, 0.717) is 5.84 Å². The standard InChI is InChI=1S/C13H21BN4O2/c1-12(2)13(3,4)20-14(19-12)10-7-5-9(6-8-10)11(17-15)18-16/h5-8H,15-16H2,1-4H3,(H,17,18). The average Bonchev–Trinajstić information content (AvgIpc) is 2.61. The first-order chi connectivity index (χ1) is 9.30. The SMILES string of the molecule is CC1(C)OB(c2ccc(/C(=N/N)NN)cc2)OC1(C)C. The normalized spacial score (nSPS) is 21.1. The van der Waals surface area contributed by atoms with Gasteiger partial charge in [0.2, 0.25) is 0 Å². The number of hydrogen-bond donors (Lipinski definition) is 3. The molecule has 20 heavy (non-hydrogen) atoms. The molecule has 0 spiro atoms. The summed E-state index contributed by atoms with van der Waals surface area (Å²) in [4.78, 5) is 0. The zero-order chi connectivity index (χ0) is 15.0. The van der Waals surface area contributed by atoms with Crippen molar-refractivity contribution in [3.8, 4) is 0 Å². The van der Waals surface area contributed by atoms with Gasteiger partial charge in [0.15, 0.2) is 5.84 Å². The minimum Gasteiger partial charge on any atom is -0.399 e. The summed E-state index contributed by atoms with van der Waals surface area (Å²) in [7, 11) is -0.377. The Labute approximate surface area is 119 Å². The number of nitrogens with two attached hydrogens (primary N) is 2. The van der Waals surface area contributed by atoms with Gasteiger partial charge in [-0.25, -0.2) is 5.84 Å². The van der Waals surface area contributed by atoms with E-state index in [1.807, 2.05) is 52.0 Å². The zero-order valence-corrected chi connectivity index (χ0v) is 12.3. The van der Waals surface area contributed by atoms with Crippen molar-refractivity contribution < 1.29 is 9.31 Å². The molecule has 108 valence electrons. The van der Waals surface area contributed by atoms with E-state index >= 15 is 0 Å². The van der Waals surface area contributed by atoms with Crippen molar-refractivity contribution in [2.45, 2.75) is 38.9 Å². The fraction of sp³-hybridized carbons (Fsp3) is 0.462. The number of hydrazine groups is 1. The molecule has 0 atom stereocenters. The molecule has 1 heterocycles. The van der Waals surface area contributed by atoms with Crippen LogP contribution < -0.4 is 22.6 Å². The van der Waals surface area contributed by atoms with Crippen molar-refractivity contribution in [3.63, 3.8) is 0 Å². The van der Waals surface area contributed by atoms with Crippen molar-refractivity contribution in [3.05, 3.63) is 29.8 Å². The summed E-state index contributed by atoms with van der Waals surface area (Å²) in [5.41, 5.74) is 3.50. The third-order valence-corrected chi connectivity index (χ3v) is 3.98. The lowest BCUT2D eigenvalue weighted by atomic mass is 9.79. The number of hydrazone groups is 1. The summed E-state index contributed by atoms with van der Waals surface area (Å²) in [6, 6.07) is 7.57. The molecule has 0 aliphatic carbocycles. The van der Waals surface area contributed by atoms with Gasteiger partial charge < -0.3 is 20.6 Å². The number of nitrogens with zero attached hydrogens (tertiary/aromatic N) is 1. The minimum absolute atomic E-state index is 0.348. The molecule has 6 nitrogen and oxygen atoms in total. The van der Waals surface area contributed by atoms with Crippen molar-refractivity contribution in [1.29, 1.82) is 0 Å². The molecule has 5 N–H and O–H groups in total. The van der Waals surface area contributed by atoms with Gasteiger partial charge in [-0.3, -0.25) is 0 Å². The molecule has 1 fully saturated rings. The highest BCUT2D eigenvalue weighted by atomic mass is 16.7. The van der Waals surface area contributed by atoms with Crippen LogP contribution in [0.2, 0.25) is 0 Å². The van der Waals surface area contributed by atoms with E-state index < -0.39 is 0 Å². The summed E-state index contributed by atoms with van der Waals surface area (Å²) >= 11 is 0. The number of amidine groups is 1. The smallest absolute Gasteiger partial charge is 0.399 e. The first-order valence-corrected chi connectivity index (χ1v) is 6.51. The number of rotatable bonds is 2. The lowest BCUT2D eigenvalue weighted by molar-refractivity contribution is 0.00578. The maximum Gasteiger partial charge on any atom is 0.494 e. The second-order valence-corrected chi connectivity index (χ2v) is 5.83. The lowest BCUT2D eigenvalue weighted by Gasteiger charge is -2.32. The van der Waals surface area contributed by atoms with E-state index in [1.165, 1.54) is 0 Å². The molecule has 2 rings (SSSR count). The Kier molecular flexibility index (Phi) is 3.77. The predicted octanol–water partition coefficient (Wildman–Crippen LogP) is 0.0694. The maximum atomic E-state index is 5.99. The van der Waals surface area contributed by atoms with Gasteiger partial charge in [0.05, 0.1) is 11.2 Å². The molecule has 0 aromatic heterocycles. The largest absolute Gasteiger partial charge is 0.494 e. The van der Waals surface area contributed by atoms with E-state index in [4.69, 9.17) is 21.0 Å². The fourth-order valence-corrected chi connectivity index (χ4v) is 1.97. The van der Waals surface area contributed by atoms with Crippen LogP contribution in [0.5, 0.6) is 0 Å². The molecule has 0 amide bonds. The van der Waals surface area contributed by atoms with Gasteiger partial charge in [-0.15, -0.1) is 0 Å². The Balaban J connectivity index is 2.20. The van der Waals surface area contributed by atoms with Gasteiger partial charge in [-0.05, 0) is 33.2 Å². The van der Waals surface area contributed by atoms with Crippen LogP contribution in [0.15, 0.2) is 29.4 Å². The molecule has 0 radical (unpaired) electrons. The van der Waals surface area contributed by atoms with E-state index in [2.05, 4.69) is 10.5 Å². The van der Waals surface area contributed by atoms with Crippen LogP contribution in [0.4, 0.5) is 0 Å². The molecule has 0 bridgehead atoms. The third kappa shape index (κ3) is 2.52. The predicted molar refractivity (Wildman–Crippen MR) is 80.2 cm³/mol. The van der Waals surface area contributed by atoms with Crippen molar-refractivity contribution in [2.24, 2.45) is 16.8 Å². The zero-order valence-electron chi connectivity index (χ0n) is 12.3. The molecule has 1 aromatic rings. The van der Waals surface area contributed by atoms with Crippen molar-refractivity contribution in [2.75, 3.05) is 0 Å². The Hall–Kier alpha value is -1.57. The Morgan fingerprint density at radius 3 is 2.00 bits per heavy atom. The molecule has 1 aliphatic rings. The molecule has 7 heteroatoms. The van der Waals surface area contributed by atoms with Crippen LogP contribution in [-0.2, 0) is 9.31 Å². The second-order valence-electron chi connectivity index (χ2n) is 5.83. The molecule has 0 saturated carbocycles. The van der Waals surface area contributed by atoms with E-state index in [9.17, 15) is 0 Å². The highest BCUT2D eigenvalue weighted by molar-refractivity contribution is 6.62.